The molecule has 5 N–H and O–H groups in total. The zero-order chi connectivity index (χ0) is 26.4. The molecule has 37 heavy (non-hydrogen) atoms. The molecule has 4 rings (SSSR count). The van der Waals surface area contributed by atoms with E-state index in [-0.39, 0.29) is 29.9 Å². The van der Waals surface area contributed by atoms with Gasteiger partial charge in [0.05, 0.1) is 24.2 Å². The fourth-order valence-electron chi connectivity index (χ4n) is 4.27. The second-order valence-electron chi connectivity index (χ2n) is 9.09. The Morgan fingerprint density at radius 2 is 1.97 bits per heavy atom. The third-order valence-electron chi connectivity index (χ3n) is 6.19. The van der Waals surface area contributed by atoms with E-state index in [1.807, 2.05) is 26.0 Å². The molecule has 0 atom stereocenters. The van der Waals surface area contributed by atoms with Crippen molar-refractivity contribution in [2.75, 3.05) is 36.5 Å². The highest BCUT2D eigenvalue weighted by atomic mass is 16.7. The molecule has 2 aromatic rings. The van der Waals surface area contributed by atoms with Crippen molar-refractivity contribution in [2.45, 2.75) is 45.6 Å². The molecule has 4 heterocycles. The standard InChI is InChI=1S/C26H34N8O3/c1-3-9-34(37-4-2)26(36)17-12-18-15-29-22(14-21(18)32-23(28)13-17)25(35)31-20-5-6-24(30-16-20)33-10-7-19(27)8-11-33/h5-6,12,14-16,19H,3-4,7-11,13,27H2,1-2H3,(H2,28,32)(H,31,35). The van der Waals surface area contributed by atoms with Crippen molar-refractivity contribution in [3.05, 3.63) is 47.4 Å². The van der Waals surface area contributed by atoms with Crippen molar-refractivity contribution in [2.24, 2.45) is 16.5 Å². The number of piperidine rings is 1. The number of pyridine rings is 2. The van der Waals surface area contributed by atoms with Crippen LogP contribution >= 0.6 is 0 Å². The lowest BCUT2D eigenvalue weighted by atomic mass is 10.1. The Hall–Kier alpha value is -3.83. The molecule has 0 unspecified atom stereocenters. The number of hydrogen-bond acceptors (Lipinski definition) is 9. The SMILES string of the molecule is CCCN(OCC)C(=O)C1=Cc2cnc(C(=O)Nc3ccc(N4CCC(N)CC4)nc3)cc2N=C(N)C1. The highest BCUT2D eigenvalue weighted by Gasteiger charge is 2.23. The van der Waals surface area contributed by atoms with Gasteiger partial charge in [-0.3, -0.25) is 19.4 Å². The van der Waals surface area contributed by atoms with Crippen molar-refractivity contribution in [1.82, 2.24) is 15.0 Å². The van der Waals surface area contributed by atoms with E-state index >= 15 is 0 Å². The van der Waals surface area contributed by atoms with Gasteiger partial charge < -0.3 is 21.7 Å². The van der Waals surface area contributed by atoms with Crippen molar-refractivity contribution in [1.29, 1.82) is 0 Å². The molecule has 2 amide bonds. The molecule has 0 radical (unpaired) electrons. The lowest BCUT2D eigenvalue weighted by molar-refractivity contribution is -0.180. The number of nitrogens with two attached hydrogens (primary N) is 2. The number of aliphatic imine (C=N–C) groups is 1. The van der Waals surface area contributed by atoms with Crippen molar-refractivity contribution >= 4 is 40.9 Å². The lowest BCUT2D eigenvalue weighted by Gasteiger charge is -2.31. The van der Waals surface area contributed by atoms with Crippen LogP contribution in [0.25, 0.3) is 6.08 Å². The number of amides is 2. The van der Waals surface area contributed by atoms with Crippen molar-refractivity contribution in [3.8, 4) is 0 Å². The van der Waals surface area contributed by atoms with Crippen LogP contribution in [0.4, 0.5) is 17.2 Å². The van der Waals surface area contributed by atoms with Gasteiger partial charge in [0.15, 0.2) is 0 Å². The number of nitrogens with zero attached hydrogens (tertiary/aromatic N) is 5. The summed E-state index contributed by atoms with van der Waals surface area (Å²) in [5, 5.41) is 4.17. The average molecular weight is 507 g/mol. The molecule has 0 aliphatic carbocycles. The van der Waals surface area contributed by atoms with E-state index in [1.54, 1.807) is 18.3 Å². The van der Waals surface area contributed by atoms with Gasteiger partial charge in [-0.25, -0.2) is 15.0 Å². The first-order valence-corrected chi connectivity index (χ1v) is 12.6. The topological polar surface area (TPSA) is 152 Å². The van der Waals surface area contributed by atoms with Gasteiger partial charge in [-0.15, -0.1) is 0 Å². The van der Waals surface area contributed by atoms with E-state index in [0.29, 0.717) is 35.7 Å². The zero-order valence-corrected chi connectivity index (χ0v) is 21.3. The number of carbonyl (C=O) groups excluding carboxylic acids is 2. The van der Waals surface area contributed by atoms with E-state index in [1.165, 1.54) is 11.3 Å². The third-order valence-corrected chi connectivity index (χ3v) is 6.19. The van der Waals surface area contributed by atoms with Gasteiger partial charge >= 0.3 is 0 Å². The Labute approximate surface area is 216 Å². The molecule has 1 fully saturated rings. The van der Waals surface area contributed by atoms with E-state index < -0.39 is 5.91 Å². The number of nitrogens with one attached hydrogen (secondary N) is 1. The van der Waals surface area contributed by atoms with Crippen LogP contribution in [0, 0.1) is 0 Å². The maximum Gasteiger partial charge on any atom is 0.274 e. The molecule has 2 aromatic heterocycles. The molecule has 11 heteroatoms. The van der Waals surface area contributed by atoms with E-state index in [9.17, 15) is 9.59 Å². The van der Waals surface area contributed by atoms with Crippen molar-refractivity contribution < 1.29 is 14.4 Å². The Morgan fingerprint density at radius 1 is 1.19 bits per heavy atom. The minimum atomic E-state index is -0.398. The predicted octanol–water partition coefficient (Wildman–Crippen LogP) is 2.62. The first kappa shape index (κ1) is 26.2. The summed E-state index contributed by atoms with van der Waals surface area (Å²) < 4.78 is 0. The molecule has 0 spiro atoms. The van der Waals surface area contributed by atoms with E-state index in [0.717, 1.165) is 38.2 Å². The molecule has 0 saturated carbocycles. The predicted molar refractivity (Wildman–Crippen MR) is 143 cm³/mol. The smallest absolute Gasteiger partial charge is 0.274 e. The van der Waals surface area contributed by atoms with Crippen LogP contribution in [0.5, 0.6) is 0 Å². The second-order valence-corrected chi connectivity index (χ2v) is 9.09. The maximum atomic E-state index is 13.0. The van der Waals surface area contributed by atoms with Gasteiger partial charge in [-0.05, 0) is 50.5 Å². The van der Waals surface area contributed by atoms with Gasteiger partial charge in [-0.1, -0.05) is 6.92 Å². The van der Waals surface area contributed by atoms with Crippen LogP contribution in [0.15, 0.2) is 41.2 Å². The molecule has 0 aromatic carbocycles. The summed E-state index contributed by atoms with van der Waals surface area (Å²) in [6.07, 6.45) is 7.65. The Balaban J connectivity index is 1.48. The number of carbonyl (C=O) groups is 2. The van der Waals surface area contributed by atoms with Gasteiger partial charge in [0.1, 0.15) is 17.3 Å². The number of anilines is 2. The van der Waals surface area contributed by atoms with Crippen LogP contribution in [0.1, 0.15) is 55.6 Å². The Kier molecular flexibility index (Phi) is 8.47. The normalized spacial score (nSPS) is 15.8. The fraction of sp³-hybridized carbons (Fsp3) is 0.423. The molecular weight excluding hydrogens is 472 g/mol. The summed E-state index contributed by atoms with van der Waals surface area (Å²) in [4.78, 5) is 46.8. The quantitative estimate of drug-likeness (QED) is 0.462. The number of hydrogen-bond donors (Lipinski definition) is 3. The van der Waals surface area contributed by atoms with Crippen LogP contribution in [-0.4, -0.2) is 65.0 Å². The summed E-state index contributed by atoms with van der Waals surface area (Å²) in [7, 11) is 0. The van der Waals surface area contributed by atoms with Crippen LogP contribution in [-0.2, 0) is 9.63 Å². The first-order valence-electron chi connectivity index (χ1n) is 12.6. The van der Waals surface area contributed by atoms with Crippen LogP contribution in [0.2, 0.25) is 0 Å². The fourth-order valence-corrected chi connectivity index (χ4v) is 4.27. The maximum absolute atomic E-state index is 13.0. The zero-order valence-electron chi connectivity index (χ0n) is 21.3. The Bertz CT molecular complexity index is 1180. The molecular formula is C26H34N8O3. The minimum Gasteiger partial charge on any atom is -0.387 e. The largest absolute Gasteiger partial charge is 0.387 e. The average Bonchev–Trinajstić information content (AvgIpc) is 3.06. The van der Waals surface area contributed by atoms with E-state index in [4.69, 9.17) is 16.3 Å². The number of aromatic nitrogens is 2. The number of fused-ring (bicyclic) bond motifs is 1. The summed E-state index contributed by atoms with van der Waals surface area (Å²) in [5.74, 6) is 0.462. The molecule has 1 saturated heterocycles. The third kappa shape index (κ3) is 6.49. The minimum absolute atomic E-state index is 0.170. The number of rotatable bonds is 8. The van der Waals surface area contributed by atoms with Crippen LogP contribution < -0.4 is 21.7 Å². The summed E-state index contributed by atoms with van der Waals surface area (Å²) in [5.41, 5.74) is 14.3. The van der Waals surface area contributed by atoms with Crippen molar-refractivity contribution in [3.63, 3.8) is 0 Å². The number of hydroxylamine groups is 2. The highest BCUT2D eigenvalue weighted by Crippen LogP contribution is 2.28. The second kappa shape index (κ2) is 11.9. The van der Waals surface area contributed by atoms with Gasteiger partial charge in [0.2, 0.25) is 0 Å². The molecule has 0 bridgehead atoms. The van der Waals surface area contributed by atoms with Crippen LogP contribution in [0.3, 0.4) is 0 Å². The molecule has 2 aliphatic heterocycles. The summed E-state index contributed by atoms with van der Waals surface area (Å²) in [6, 6.07) is 5.51. The summed E-state index contributed by atoms with van der Waals surface area (Å²) in [6.45, 7) is 6.38. The number of amidine groups is 1. The van der Waals surface area contributed by atoms with Gasteiger partial charge in [-0.2, -0.15) is 0 Å². The molecule has 11 nitrogen and oxygen atoms in total. The summed E-state index contributed by atoms with van der Waals surface area (Å²) >= 11 is 0. The Morgan fingerprint density at radius 3 is 2.65 bits per heavy atom. The molecule has 2 aliphatic rings. The first-order chi connectivity index (χ1) is 17.9. The highest BCUT2D eigenvalue weighted by molar-refractivity contribution is 6.06. The van der Waals surface area contributed by atoms with E-state index in [2.05, 4.69) is 25.2 Å². The van der Waals surface area contributed by atoms with Gasteiger partial charge in [0.25, 0.3) is 11.8 Å². The van der Waals surface area contributed by atoms with Gasteiger partial charge in [0, 0.05) is 49.4 Å². The monoisotopic (exact) mass is 506 g/mol. The molecule has 196 valence electrons. The lowest BCUT2D eigenvalue weighted by Crippen LogP contribution is -2.40.